The standard InChI is InChI=1S/C24H22ClF6N3O3/c1-22(2,3)37-21(36)32-11-14-7-13-9-18(33-17(13)10-16(14)25)20(35)34-19(24(29,30)31)12-5-4-6-15(8-12)23(26,27)28/h4-10,19,33H,11H2,1-3H3,(H,32,36)(H,34,35). The Hall–Kier alpha value is -3.41. The third-order valence-corrected chi connectivity index (χ3v) is 5.36. The molecule has 0 bridgehead atoms. The van der Waals surface area contributed by atoms with E-state index >= 15 is 0 Å². The second kappa shape index (κ2) is 10.2. The summed E-state index contributed by atoms with van der Waals surface area (Å²) >= 11 is 6.23. The van der Waals surface area contributed by atoms with Gasteiger partial charge in [-0.1, -0.05) is 23.7 Å². The zero-order valence-electron chi connectivity index (χ0n) is 19.7. The molecule has 200 valence electrons. The van der Waals surface area contributed by atoms with Gasteiger partial charge in [-0.15, -0.1) is 0 Å². The number of nitrogens with one attached hydrogen (secondary N) is 3. The monoisotopic (exact) mass is 549 g/mol. The highest BCUT2D eigenvalue weighted by Crippen LogP contribution is 2.36. The van der Waals surface area contributed by atoms with Crippen molar-refractivity contribution in [2.45, 2.75) is 51.3 Å². The lowest BCUT2D eigenvalue weighted by atomic mass is 10.0. The second-order valence-electron chi connectivity index (χ2n) is 9.14. The van der Waals surface area contributed by atoms with Crippen LogP contribution >= 0.6 is 11.6 Å². The van der Waals surface area contributed by atoms with Crippen LogP contribution in [0.25, 0.3) is 10.9 Å². The molecular formula is C24H22ClF6N3O3. The number of fused-ring (bicyclic) bond motifs is 1. The molecule has 1 atom stereocenters. The number of carbonyl (C=O) groups excluding carboxylic acids is 2. The Morgan fingerprint density at radius 2 is 1.70 bits per heavy atom. The number of rotatable bonds is 5. The van der Waals surface area contributed by atoms with Gasteiger partial charge in [-0.05, 0) is 62.2 Å². The van der Waals surface area contributed by atoms with Gasteiger partial charge in [0.15, 0.2) is 6.04 Å². The van der Waals surface area contributed by atoms with Gasteiger partial charge in [0.1, 0.15) is 11.3 Å². The molecule has 2 aromatic carbocycles. The molecule has 1 aromatic heterocycles. The van der Waals surface area contributed by atoms with E-state index in [0.717, 1.165) is 12.1 Å². The molecule has 0 spiro atoms. The van der Waals surface area contributed by atoms with Crippen LogP contribution in [0.5, 0.6) is 0 Å². The Labute approximate surface area is 212 Å². The van der Waals surface area contributed by atoms with Crippen molar-refractivity contribution in [2.75, 3.05) is 0 Å². The van der Waals surface area contributed by atoms with Gasteiger partial charge in [0.05, 0.1) is 5.56 Å². The van der Waals surface area contributed by atoms with Crippen molar-refractivity contribution in [3.63, 3.8) is 0 Å². The number of aromatic amines is 1. The van der Waals surface area contributed by atoms with Crippen LogP contribution in [0.3, 0.4) is 0 Å². The zero-order chi connectivity index (χ0) is 27.8. The Morgan fingerprint density at radius 1 is 1.03 bits per heavy atom. The molecule has 37 heavy (non-hydrogen) atoms. The number of ether oxygens (including phenoxy) is 1. The summed E-state index contributed by atoms with van der Waals surface area (Å²) in [7, 11) is 0. The number of H-pyrrole nitrogens is 1. The normalized spacial score (nSPS) is 13.4. The molecule has 1 unspecified atom stereocenters. The van der Waals surface area contributed by atoms with Crippen molar-refractivity contribution in [3.05, 3.63) is 69.9 Å². The highest BCUT2D eigenvalue weighted by molar-refractivity contribution is 6.32. The molecule has 0 radical (unpaired) electrons. The van der Waals surface area contributed by atoms with Crippen LogP contribution in [-0.4, -0.2) is 28.8 Å². The number of hydrogen-bond acceptors (Lipinski definition) is 3. The molecule has 2 amide bonds. The van der Waals surface area contributed by atoms with Crippen molar-refractivity contribution < 1.29 is 40.7 Å². The molecule has 1 heterocycles. The Kier molecular flexibility index (Phi) is 7.73. The summed E-state index contributed by atoms with van der Waals surface area (Å²) in [5.41, 5.74) is -2.28. The molecule has 3 N–H and O–H groups in total. The van der Waals surface area contributed by atoms with Gasteiger partial charge in [0.25, 0.3) is 5.91 Å². The molecule has 0 aliphatic carbocycles. The molecule has 0 aliphatic rings. The van der Waals surface area contributed by atoms with Crippen LogP contribution in [0.2, 0.25) is 5.02 Å². The van der Waals surface area contributed by atoms with Crippen LogP contribution in [0.15, 0.2) is 42.5 Å². The number of alkyl carbamates (subject to hydrolysis) is 1. The van der Waals surface area contributed by atoms with Gasteiger partial charge in [-0.3, -0.25) is 4.79 Å². The van der Waals surface area contributed by atoms with Crippen molar-refractivity contribution in [2.24, 2.45) is 0 Å². The van der Waals surface area contributed by atoms with Crippen LogP contribution in [0, 0.1) is 0 Å². The number of alkyl halides is 6. The van der Waals surface area contributed by atoms with Crippen LogP contribution in [0.4, 0.5) is 31.1 Å². The van der Waals surface area contributed by atoms with Gasteiger partial charge in [-0.25, -0.2) is 4.79 Å². The first-order valence-electron chi connectivity index (χ1n) is 10.8. The first-order valence-corrected chi connectivity index (χ1v) is 11.1. The number of halogens is 7. The van der Waals surface area contributed by atoms with Gasteiger partial charge in [0.2, 0.25) is 0 Å². The number of carbonyl (C=O) groups is 2. The van der Waals surface area contributed by atoms with E-state index in [2.05, 4.69) is 10.3 Å². The van der Waals surface area contributed by atoms with E-state index in [1.165, 1.54) is 18.2 Å². The first kappa shape index (κ1) is 28.2. The van der Waals surface area contributed by atoms with Crippen molar-refractivity contribution in [1.82, 2.24) is 15.6 Å². The minimum absolute atomic E-state index is 0.0257. The van der Waals surface area contributed by atoms with E-state index in [4.69, 9.17) is 16.3 Å². The molecule has 3 rings (SSSR count). The predicted octanol–water partition coefficient (Wildman–Crippen LogP) is 6.90. The fraction of sp³-hybridized carbons (Fsp3) is 0.333. The lowest BCUT2D eigenvalue weighted by Crippen LogP contribution is -2.38. The van der Waals surface area contributed by atoms with E-state index in [9.17, 15) is 35.9 Å². The van der Waals surface area contributed by atoms with Crippen molar-refractivity contribution in [1.29, 1.82) is 0 Å². The maximum absolute atomic E-state index is 13.7. The summed E-state index contributed by atoms with van der Waals surface area (Å²) in [6, 6.07) is 4.18. The smallest absolute Gasteiger partial charge is 0.416 e. The molecule has 3 aromatic rings. The number of aromatic nitrogens is 1. The summed E-state index contributed by atoms with van der Waals surface area (Å²) in [5, 5.41) is 4.88. The average molecular weight is 550 g/mol. The molecule has 0 saturated carbocycles. The molecule has 13 heteroatoms. The van der Waals surface area contributed by atoms with E-state index in [1.54, 1.807) is 26.1 Å². The topological polar surface area (TPSA) is 83.2 Å². The Bertz CT molecular complexity index is 1310. The zero-order valence-corrected chi connectivity index (χ0v) is 20.5. The van der Waals surface area contributed by atoms with Gasteiger partial charge in [-0.2, -0.15) is 26.3 Å². The summed E-state index contributed by atoms with van der Waals surface area (Å²) in [4.78, 5) is 27.2. The van der Waals surface area contributed by atoms with E-state index in [-0.39, 0.29) is 17.3 Å². The third-order valence-electron chi connectivity index (χ3n) is 5.00. The largest absolute Gasteiger partial charge is 0.444 e. The summed E-state index contributed by atoms with van der Waals surface area (Å²) in [6.07, 6.45) is -10.6. The van der Waals surface area contributed by atoms with E-state index in [1.807, 2.05) is 0 Å². The SMILES string of the molecule is CC(C)(C)OC(=O)NCc1cc2cc(C(=O)NC(c3cccc(C(F)(F)F)c3)C(F)(F)F)[nH]c2cc1Cl. The molecule has 0 aliphatic heterocycles. The van der Waals surface area contributed by atoms with Gasteiger partial charge >= 0.3 is 18.4 Å². The van der Waals surface area contributed by atoms with Gasteiger partial charge < -0.3 is 20.4 Å². The fourth-order valence-electron chi connectivity index (χ4n) is 3.40. The Balaban J connectivity index is 1.83. The van der Waals surface area contributed by atoms with E-state index in [0.29, 0.717) is 28.6 Å². The maximum Gasteiger partial charge on any atom is 0.416 e. The van der Waals surface area contributed by atoms with E-state index < -0.39 is 47.1 Å². The summed E-state index contributed by atoms with van der Waals surface area (Å²) in [5.74, 6) is -1.19. The quantitative estimate of drug-likeness (QED) is 0.303. The molecular weight excluding hydrogens is 528 g/mol. The number of amides is 2. The lowest BCUT2D eigenvalue weighted by Gasteiger charge is -2.22. The van der Waals surface area contributed by atoms with Crippen LogP contribution < -0.4 is 10.6 Å². The minimum Gasteiger partial charge on any atom is -0.444 e. The highest BCUT2D eigenvalue weighted by atomic mass is 35.5. The molecule has 6 nitrogen and oxygen atoms in total. The summed E-state index contributed by atoms with van der Waals surface area (Å²) in [6.45, 7) is 5.04. The number of hydrogen-bond donors (Lipinski definition) is 3. The third kappa shape index (κ3) is 7.31. The molecule has 0 saturated heterocycles. The van der Waals surface area contributed by atoms with Crippen LogP contribution in [-0.2, 0) is 17.5 Å². The highest BCUT2D eigenvalue weighted by Gasteiger charge is 2.43. The minimum atomic E-state index is -5.07. The second-order valence-corrected chi connectivity index (χ2v) is 9.55. The van der Waals surface area contributed by atoms with Gasteiger partial charge in [0, 0.05) is 22.5 Å². The summed E-state index contributed by atoms with van der Waals surface area (Å²) < 4.78 is 85.2. The molecule has 0 fully saturated rings. The number of benzene rings is 2. The lowest BCUT2D eigenvalue weighted by molar-refractivity contribution is -0.156. The maximum atomic E-state index is 13.7. The Morgan fingerprint density at radius 3 is 2.30 bits per heavy atom. The first-order chi connectivity index (χ1) is 16.9. The van der Waals surface area contributed by atoms with Crippen LogP contribution in [0.1, 0.15) is 54.0 Å². The predicted molar refractivity (Wildman–Crippen MR) is 124 cm³/mol. The average Bonchev–Trinajstić information content (AvgIpc) is 3.16. The van der Waals surface area contributed by atoms with Crippen molar-refractivity contribution in [3.8, 4) is 0 Å². The fourth-order valence-corrected chi connectivity index (χ4v) is 3.63. The van der Waals surface area contributed by atoms with Crippen molar-refractivity contribution >= 4 is 34.5 Å².